The lowest BCUT2D eigenvalue weighted by Gasteiger charge is -2.24. The Kier molecular flexibility index (Phi) is 5.14. The zero-order chi connectivity index (χ0) is 18.8. The van der Waals surface area contributed by atoms with Crippen molar-refractivity contribution in [2.24, 2.45) is 0 Å². The van der Waals surface area contributed by atoms with Crippen LogP contribution in [0.5, 0.6) is 5.75 Å². The highest BCUT2D eigenvalue weighted by molar-refractivity contribution is 6.10. The molecular weight excluding hydrogens is 324 g/mol. The van der Waals surface area contributed by atoms with Crippen LogP contribution >= 0.6 is 0 Å². The molecule has 2 aromatic carbocycles. The minimum absolute atomic E-state index is 0.131. The molecule has 0 aliphatic rings. The molecule has 0 saturated carbocycles. The van der Waals surface area contributed by atoms with Gasteiger partial charge in [0.25, 0.3) is 0 Å². The van der Waals surface area contributed by atoms with E-state index in [9.17, 15) is 4.79 Å². The van der Waals surface area contributed by atoms with Crippen LogP contribution in [0.15, 0.2) is 42.6 Å². The largest absolute Gasteiger partial charge is 0.496 e. The molecule has 0 aliphatic carbocycles. The molecule has 0 bridgehead atoms. The first-order chi connectivity index (χ1) is 12.4. The van der Waals surface area contributed by atoms with E-state index in [0.717, 1.165) is 33.3 Å². The predicted octanol–water partition coefficient (Wildman–Crippen LogP) is 4.50. The number of aromatic amines is 1. The normalized spacial score (nSPS) is 12.5. The molecule has 0 amide bonds. The molecule has 1 atom stereocenters. The monoisotopic (exact) mass is 350 g/mol. The molecule has 1 unspecified atom stereocenters. The Morgan fingerprint density at radius 3 is 2.50 bits per heavy atom. The van der Waals surface area contributed by atoms with Gasteiger partial charge in [0, 0.05) is 29.2 Å². The van der Waals surface area contributed by atoms with Gasteiger partial charge in [-0.1, -0.05) is 30.3 Å². The Hall–Kier alpha value is -2.59. The van der Waals surface area contributed by atoms with E-state index < -0.39 is 0 Å². The van der Waals surface area contributed by atoms with Gasteiger partial charge in [0.1, 0.15) is 5.75 Å². The number of methoxy groups -OCH3 is 1. The van der Waals surface area contributed by atoms with E-state index in [1.807, 2.05) is 44.4 Å². The minimum atomic E-state index is -0.211. The molecule has 3 rings (SSSR count). The van der Waals surface area contributed by atoms with Gasteiger partial charge >= 0.3 is 0 Å². The number of benzene rings is 2. The number of Topliss-reactive ketones (excluding diaryl/α,β-unsaturated/α-hetero) is 1. The maximum Gasteiger partial charge on any atom is 0.181 e. The number of carbonyl (C=O) groups is 1. The molecule has 26 heavy (non-hydrogen) atoms. The topological polar surface area (TPSA) is 45.3 Å². The zero-order valence-corrected chi connectivity index (χ0v) is 16.1. The van der Waals surface area contributed by atoms with Crippen molar-refractivity contribution in [3.63, 3.8) is 0 Å². The molecule has 1 heterocycles. The van der Waals surface area contributed by atoms with E-state index in [-0.39, 0.29) is 11.8 Å². The van der Waals surface area contributed by atoms with Crippen LogP contribution in [0.3, 0.4) is 0 Å². The number of hydrogen-bond acceptors (Lipinski definition) is 3. The van der Waals surface area contributed by atoms with Gasteiger partial charge in [-0.15, -0.1) is 0 Å². The fourth-order valence-electron chi connectivity index (χ4n) is 3.58. The van der Waals surface area contributed by atoms with Crippen LogP contribution in [0.1, 0.15) is 34.0 Å². The van der Waals surface area contributed by atoms with E-state index in [2.05, 4.69) is 35.9 Å². The van der Waals surface area contributed by atoms with Gasteiger partial charge in [0.2, 0.25) is 0 Å². The van der Waals surface area contributed by atoms with Crippen molar-refractivity contribution in [2.45, 2.75) is 33.4 Å². The zero-order valence-electron chi connectivity index (χ0n) is 16.1. The number of H-pyrrole nitrogens is 1. The Balaban J connectivity index is 1.79. The summed E-state index contributed by atoms with van der Waals surface area (Å²) in [4.78, 5) is 18.3. The SMILES string of the molecule is COc1c(C)cc(CN(C)C(C)C(=O)c2c[nH]c3ccccc23)cc1C. The van der Waals surface area contributed by atoms with Crippen molar-refractivity contribution in [1.29, 1.82) is 0 Å². The molecule has 136 valence electrons. The van der Waals surface area contributed by atoms with Crippen LogP contribution in [0, 0.1) is 13.8 Å². The number of nitrogens with one attached hydrogen (secondary N) is 1. The van der Waals surface area contributed by atoms with Crippen molar-refractivity contribution in [3.8, 4) is 5.75 Å². The highest BCUT2D eigenvalue weighted by Crippen LogP contribution is 2.26. The van der Waals surface area contributed by atoms with Crippen molar-refractivity contribution >= 4 is 16.7 Å². The lowest BCUT2D eigenvalue weighted by molar-refractivity contribution is 0.0864. The van der Waals surface area contributed by atoms with Crippen molar-refractivity contribution in [1.82, 2.24) is 9.88 Å². The maximum atomic E-state index is 13.0. The molecular formula is C22H26N2O2. The quantitative estimate of drug-likeness (QED) is 0.666. The second-order valence-electron chi connectivity index (χ2n) is 6.97. The van der Waals surface area contributed by atoms with Crippen molar-refractivity contribution < 1.29 is 9.53 Å². The summed E-state index contributed by atoms with van der Waals surface area (Å²) in [5, 5.41) is 0.980. The average Bonchev–Trinajstić information content (AvgIpc) is 3.04. The first-order valence-electron chi connectivity index (χ1n) is 8.87. The lowest BCUT2D eigenvalue weighted by Crippen LogP contribution is -2.35. The van der Waals surface area contributed by atoms with E-state index in [1.165, 1.54) is 5.56 Å². The van der Waals surface area contributed by atoms with Crippen LogP contribution < -0.4 is 4.74 Å². The Labute approximate surface area is 154 Å². The standard InChI is InChI=1S/C22H26N2O2/c1-14-10-17(11-15(2)22(14)26-5)13-24(4)16(3)21(25)19-12-23-20-9-7-6-8-18(19)20/h6-12,16,23H,13H2,1-5H3. The Bertz CT molecular complexity index is 919. The summed E-state index contributed by atoms with van der Waals surface area (Å²) in [5.41, 5.74) is 5.16. The van der Waals surface area contributed by atoms with E-state index in [4.69, 9.17) is 4.74 Å². The van der Waals surface area contributed by atoms with Crippen molar-refractivity contribution in [3.05, 3.63) is 64.8 Å². The third-order valence-corrected chi connectivity index (χ3v) is 5.05. The molecule has 0 spiro atoms. The fourth-order valence-corrected chi connectivity index (χ4v) is 3.58. The van der Waals surface area contributed by atoms with Gasteiger partial charge in [-0.3, -0.25) is 9.69 Å². The highest BCUT2D eigenvalue weighted by atomic mass is 16.5. The predicted molar refractivity (Wildman–Crippen MR) is 106 cm³/mol. The van der Waals surface area contributed by atoms with Gasteiger partial charge in [-0.25, -0.2) is 0 Å². The molecule has 4 heteroatoms. The fraction of sp³-hybridized carbons (Fsp3) is 0.318. The number of ketones is 1. The number of hydrogen-bond donors (Lipinski definition) is 1. The van der Waals surface area contributed by atoms with Gasteiger partial charge in [-0.05, 0) is 50.6 Å². The first kappa shape index (κ1) is 18.2. The number of carbonyl (C=O) groups excluding carboxylic acids is 1. The van der Waals surface area contributed by atoms with Gasteiger partial charge in [0.05, 0.1) is 13.2 Å². The van der Waals surface area contributed by atoms with E-state index in [1.54, 1.807) is 7.11 Å². The highest BCUT2D eigenvalue weighted by Gasteiger charge is 2.22. The smallest absolute Gasteiger partial charge is 0.181 e. The average molecular weight is 350 g/mol. The molecule has 0 radical (unpaired) electrons. The number of ether oxygens (including phenoxy) is 1. The number of para-hydroxylation sites is 1. The minimum Gasteiger partial charge on any atom is -0.496 e. The summed E-state index contributed by atoms with van der Waals surface area (Å²) < 4.78 is 5.44. The van der Waals surface area contributed by atoms with E-state index >= 15 is 0 Å². The summed E-state index contributed by atoms with van der Waals surface area (Å²) in [7, 11) is 3.69. The summed E-state index contributed by atoms with van der Waals surface area (Å²) in [6.45, 7) is 6.78. The third-order valence-electron chi connectivity index (χ3n) is 5.05. The Morgan fingerprint density at radius 1 is 1.19 bits per heavy atom. The molecule has 0 fully saturated rings. The van der Waals surface area contributed by atoms with E-state index in [0.29, 0.717) is 6.54 Å². The molecule has 1 aromatic heterocycles. The number of aromatic nitrogens is 1. The summed E-state index contributed by atoms with van der Waals surface area (Å²) in [5.74, 6) is 1.06. The second-order valence-corrected chi connectivity index (χ2v) is 6.97. The first-order valence-corrected chi connectivity index (χ1v) is 8.87. The molecule has 0 aliphatic heterocycles. The lowest BCUT2D eigenvalue weighted by atomic mass is 10.0. The van der Waals surface area contributed by atoms with Crippen LogP contribution in [0.2, 0.25) is 0 Å². The molecule has 3 aromatic rings. The number of likely N-dealkylation sites (N-methyl/N-ethyl adjacent to an activating group) is 1. The summed E-state index contributed by atoms with van der Waals surface area (Å²) in [6.07, 6.45) is 1.82. The van der Waals surface area contributed by atoms with Crippen LogP contribution in [0.25, 0.3) is 10.9 Å². The van der Waals surface area contributed by atoms with Crippen LogP contribution in [0.4, 0.5) is 0 Å². The third kappa shape index (κ3) is 3.37. The van der Waals surface area contributed by atoms with Gasteiger partial charge in [-0.2, -0.15) is 0 Å². The number of nitrogens with zero attached hydrogens (tertiary/aromatic N) is 1. The number of aryl methyl sites for hydroxylation is 2. The second kappa shape index (κ2) is 7.34. The summed E-state index contributed by atoms with van der Waals surface area (Å²) >= 11 is 0. The molecule has 0 saturated heterocycles. The maximum absolute atomic E-state index is 13.0. The van der Waals surface area contributed by atoms with Crippen molar-refractivity contribution in [2.75, 3.05) is 14.2 Å². The molecule has 1 N–H and O–H groups in total. The number of fused-ring (bicyclic) bond motifs is 1. The van der Waals surface area contributed by atoms with Gasteiger partial charge in [0.15, 0.2) is 5.78 Å². The van der Waals surface area contributed by atoms with Crippen LogP contribution in [-0.2, 0) is 6.54 Å². The van der Waals surface area contributed by atoms with Crippen LogP contribution in [-0.4, -0.2) is 35.9 Å². The molecule has 4 nitrogen and oxygen atoms in total. The summed E-state index contributed by atoms with van der Waals surface area (Å²) in [6, 6.07) is 12.0. The van der Waals surface area contributed by atoms with Gasteiger partial charge < -0.3 is 9.72 Å². The Morgan fingerprint density at radius 2 is 1.85 bits per heavy atom. The number of rotatable bonds is 6.